The zero-order valence-corrected chi connectivity index (χ0v) is 12.0. The van der Waals surface area contributed by atoms with E-state index >= 15 is 0 Å². The third kappa shape index (κ3) is 6.82. The Balaban J connectivity index is 2.36. The van der Waals surface area contributed by atoms with Crippen molar-refractivity contribution in [3.05, 3.63) is 29.8 Å². The molecule has 1 rings (SSSR count). The molecular weight excluding hydrogens is 240 g/mol. The highest BCUT2D eigenvalue weighted by molar-refractivity contribution is 5.84. The lowest BCUT2D eigenvalue weighted by Gasteiger charge is -2.10. The van der Waals surface area contributed by atoms with Gasteiger partial charge in [-0.25, -0.2) is 4.79 Å². The molecule has 0 bridgehead atoms. The molecular formula is C15H24N2O2. The standard InChI is InChI=1S/C15H24N2O2/c1-4-10-16-11-9-13-5-7-14(8-6-13)17-15(18)19-12(2)3/h5-8,12,16H,4,9-11H2,1-3H3,(H,17,18). The molecule has 4 heteroatoms. The van der Waals surface area contributed by atoms with Crippen LogP contribution in [0.1, 0.15) is 32.8 Å². The predicted molar refractivity (Wildman–Crippen MR) is 78.5 cm³/mol. The molecule has 0 aliphatic heterocycles. The third-order valence-corrected chi connectivity index (χ3v) is 2.56. The summed E-state index contributed by atoms with van der Waals surface area (Å²) in [7, 11) is 0. The first kappa shape index (κ1) is 15.5. The average Bonchev–Trinajstić information content (AvgIpc) is 2.35. The summed E-state index contributed by atoms with van der Waals surface area (Å²) in [5.41, 5.74) is 2.02. The summed E-state index contributed by atoms with van der Waals surface area (Å²) in [4.78, 5) is 11.4. The van der Waals surface area contributed by atoms with Crippen molar-refractivity contribution in [2.24, 2.45) is 0 Å². The van der Waals surface area contributed by atoms with Gasteiger partial charge in [-0.2, -0.15) is 0 Å². The Morgan fingerprint density at radius 3 is 2.47 bits per heavy atom. The van der Waals surface area contributed by atoms with E-state index in [1.807, 2.05) is 38.1 Å². The van der Waals surface area contributed by atoms with Crippen LogP contribution in [-0.4, -0.2) is 25.3 Å². The van der Waals surface area contributed by atoms with Crippen molar-refractivity contribution < 1.29 is 9.53 Å². The number of benzene rings is 1. The Bertz CT molecular complexity index is 374. The number of nitrogens with one attached hydrogen (secondary N) is 2. The summed E-state index contributed by atoms with van der Waals surface area (Å²) < 4.78 is 5.02. The van der Waals surface area contributed by atoms with E-state index in [4.69, 9.17) is 4.74 Å². The monoisotopic (exact) mass is 264 g/mol. The Kier molecular flexibility index (Phi) is 6.97. The first-order valence-corrected chi connectivity index (χ1v) is 6.89. The molecule has 4 nitrogen and oxygen atoms in total. The Morgan fingerprint density at radius 2 is 1.89 bits per heavy atom. The summed E-state index contributed by atoms with van der Waals surface area (Å²) in [6.45, 7) is 7.85. The molecule has 0 radical (unpaired) electrons. The molecule has 106 valence electrons. The van der Waals surface area contributed by atoms with Gasteiger partial charge in [-0.1, -0.05) is 19.1 Å². The third-order valence-electron chi connectivity index (χ3n) is 2.56. The molecule has 0 spiro atoms. The highest BCUT2D eigenvalue weighted by Gasteiger charge is 2.05. The van der Waals surface area contributed by atoms with Gasteiger partial charge < -0.3 is 10.1 Å². The molecule has 19 heavy (non-hydrogen) atoms. The first-order chi connectivity index (χ1) is 9.11. The van der Waals surface area contributed by atoms with E-state index in [1.165, 1.54) is 5.56 Å². The summed E-state index contributed by atoms with van der Waals surface area (Å²) in [5, 5.41) is 6.06. The minimum atomic E-state index is -0.410. The number of hydrogen-bond donors (Lipinski definition) is 2. The van der Waals surface area contributed by atoms with Crippen LogP contribution in [0.3, 0.4) is 0 Å². The number of carbonyl (C=O) groups is 1. The van der Waals surface area contributed by atoms with Crippen molar-refractivity contribution in [1.82, 2.24) is 5.32 Å². The molecule has 0 fully saturated rings. The zero-order chi connectivity index (χ0) is 14.1. The highest BCUT2D eigenvalue weighted by atomic mass is 16.6. The second kappa shape index (κ2) is 8.53. The van der Waals surface area contributed by atoms with Gasteiger partial charge in [0.2, 0.25) is 0 Å². The maximum absolute atomic E-state index is 11.4. The van der Waals surface area contributed by atoms with Crippen molar-refractivity contribution in [2.45, 2.75) is 39.7 Å². The van der Waals surface area contributed by atoms with Gasteiger partial charge in [-0.3, -0.25) is 5.32 Å². The van der Waals surface area contributed by atoms with Gasteiger partial charge in [0, 0.05) is 5.69 Å². The van der Waals surface area contributed by atoms with E-state index in [1.54, 1.807) is 0 Å². The van der Waals surface area contributed by atoms with E-state index in [-0.39, 0.29) is 6.10 Å². The summed E-state index contributed by atoms with van der Waals surface area (Å²) in [6.07, 6.45) is 1.63. The summed E-state index contributed by atoms with van der Waals surface area (Å²) in [6, 6.07) is 7.85. The van der Waals surface area contributed by atoms with Gasteiger partial charge in [0.25, 0.3) is 0 Å². The van der Waals surface area contributed by atoms with E-state index < -0.39 is 6.09 Å². The fraction of sp³-hybridized carbons (Fsp3) is 0.533. The quantitative estimate of drug-likeness (QED) is 0.744. The Morgan fingerprint density at radius 1 is 1.21 bits per heavy atom. The van der Waals surface area contributed by atoms with Crippen molar-refractivity contribution in [2.75, 3.05) is 18.4 Å². The molecule has 0 unspecified atom stereocenters. The van der Waals surface area contributed by atoms with Crippen LogP contribution in [0, 0.1) is 0 Å². The molecule has 0 heterocycles. The van der Waals surface area contributed by atoms with E-state index in [0.29, 0.717) is 0 Å². The molecule has 0 saturated heterocycles. The molecule has 2 N–H and O–H groups in total. The lowest BCUT2D eigenvalue weighted by atomic mass is 10.1. The molecule has 1 amide bonds. The van der Waals surface area contributed by atoms with Gasteiger partial charge in [0.15, 0.2) is 0 Å². The van der Waals surface area contributed by atoms with Gasteiger partial charge in [-0.15, -0.1) is 0 Å². The van der Waals surface area contributed by atoms with Crippen LogP contribution in [0.15, 0.2) is 24.3 Å². The normalized spacial score (nSPS) is 10.5. The van der Waals surface area contributed by atoms with E-state index in [0.717, 1.165) is 31.6 Å². The number of amides is 1. The topological polar surface area (TPSA) is 50.4 Å². The predicted octanol–water partition coefficient (Wildman–Crippen LogP) is 3.19. The van der Waals surface area contributed by atoms with Crippen molar-refractivity contribution >= 4 is 11.8 Å². The van der Waals surface area contributed by atoms with Crippen molar-refractivity contribution in [3.8, 4) is 0 Å². The molecule has 0 aromatic heterocycles. The van der Waals surface area contributed by atoms with Gasteiger partial charge in [0.1, 0.15) is 0 Å². The minimum absolute atomic E-state index is 0.107. The summed E-state index contributed by atoms with van der Waals surface area (Å²) >= 11 is 0. The molecule has 1 aromatic carbocycles. The first-order valence-electron chi connectivity index (χ1n) is 6.89. The summed E-state index contributed by atoms with van der Waals surface area (Å²) in [5.74, 6) is 0. The maximum atomic E-state index is 11.4. The van der Waals surface area contributed by atoms with Gasteiger partial charge in [0.05, 0.1) is 6.10 Å². The number of carbonyl (C=O) groups excluding carboxylic acids is 1. The van der Waals surface area contributed by atoms with Crippen LogP contribution in [0.25, 0.3) is 0 Å². The lowest BCUT2D eigenvalue weighted by Crippen LogP contribution is -2.18. The fourth-order valence-corrected chi connectivity index (χ4v) is 1.65. The SMILES string of the molecule is CCCNCCc1ccc(NC(=O)OC(C)C)cc1. The molecule has 0 aliphatic rings. The van der Waals surface area contributed by atoms with Crippen LogP contribution >= 0.6 is 0 Å². The second-order valence-corrected chi connectivity index (χ2v) is 4.78. The Hall–Kier alpha value is -1.55. The molecule has 1 aromatic rings. The largest absolute Gasteiger partial charge is 0.447 e. The highest BCUT2D eigenvalue weighted by Crippen LogP contribution is 2.10. The molecule has 0 aliphatic carbocycles. The van der Waals surface area contributed by atoms with Crippen LogP contribution in [0.4, 0.5) is 10.5 Å². The molecule has 0 saturated carbocycles. The molecule has 0 atom stereocenters. The van der Waals surface area contributed by atoms with E-state index in [9.17, 15) is 4.79 Å². The van der Waals surface area contributed by atoms with Gasteiger partial charge in [-0.05, 0) is 57.5 Å². The van der Waals surface area contributed by atoms with Crippen LogP contribution in [-0.2, 0) is 11.2 Å². The number of anilines is 1. The van der Waals surface area contributed by atoms with Crippen LogP contribution < -0.4 is 10.6 Å². The van der Waals surface area contributed by atoms with Gasteiger partial charge >= 0.3 is 6.09 Å². The maximum Gasteiger partial charge on any atom is 0.411 e. The Labute approximate surface area is 115 Å². The number of hydrogen-bond acceptors (Lipinski definition) is 3. The smallest absolute Gasteiger partial charge is 0.411 e. The van der Waals surface area contributed by atoms with Crippen molar-refractivity contribution in [1.29, 1.82) is 0 Å². The van der Waals surface area contributed by atoms with Crippen molar-refractivity contribution in [3.63, 3.8) is 0 Å². The average molecular weight is 264 g/mol. The zero-order valence-electron chi connectivity index (χ0n) is 12.0. The van der Waals surface area contributed by atoms with E-state index in [2.05, 4.69) is 17.6 Å². The van der Waals surface area contributed by atoms with Crippen LogP contribution in [0.2, 0.25) is 0 Å². The second-order valence-electron chi connectivity index (χ2n) is 4.78. The number of ether oxygens (including phenoxy) is 1. The van der Waals surface area contributed by atoms with Crippen LogP contribution in [0.5, 0.6) is 0 Å². The fourth-order valence-electron chi connectivity index (χ4n) is 1.65. The lowest BCUT2D eigenvalue weighted by molar-refractivity contribution is 0.130. The number of rotatable bonds is 7. The minimum Gasteiger partial charge on any atom is -0.447 e.